The maximum Gasteiger partial charge on any atom is 0.223 e. The van der Waals surface area contributed by atoms with Crippen LogP contribution in [0.5, 0.6) is 11.5 Å². The third-order valence-electron chi connectivity index (χ3n) is 4.91. The highest BCUT2D eigenvalue weighted by Crippen LogP contribution is 2.28. The molecule has 5 nitrogen and oxygen atoms in total. The smallest absolute Gasteiger partial charge is 0.223 e. The van der Waals surface area contributed by atoms with E-state index in [9.17, 15) is 4.79 Å². The molecule has 2 aromatic rings. The number of nitrogens with zero attached hydrogens (tertiary/aromatic N) is 2. The van der Waals surface area contributed by atoms with Gasteiger partial charge in [-0.15, -0.1) is 11.8 Å². The van der Waals surface area contributed by atoms with E-state index in [1.807, 2.05) is 35.2 Å². The number of hydrogen-bond donors (Lipinski definition) is 0. The summed E-state index contributed by atoms with van der Waals surface area (Å²) in [5.74, 6) is 2.59. The van der Waals surface area contributed by atoms with Crippen LogP contribution in [0.15, 0.2) is 53.4 Å². The molecule has 28 heavy (non-hydrogen) atoms. The van der Waals surface area contributed by atoms with Crippen molar-refractivity contribution in [2.45, 2.75) is 17.9 Å². The van der Waals surface area contributed by atoms with Gasteiger partial charge in [0.1, 0.15) is 0 Å². The highest BCUT2D eigenvalue weighted by molar-refractivity contribution is 7.99. The Morgan fingerprint density at radius 2 is 1.68 bits per heavy atom. The monoisotopic (exact) mass is 400 g/mol. The molecule has 0 N–H and O–H groups in total. The first-order chi connectivity index (χ1) is 13.7. The largest absolute Gasteiger partial charge is 0.493 e. The van der Waals surface area contributed by atoms with Crippen molar-refractivity contribution in [2.24, 2.45) is 0 Å². The first-order valence-electron chi connectivity index (χ1n) is 9.58. The van der Waals surface area contributed by atoms with Gasteiger partial charge in [0.2, 0.25) is 5.91 Å². The van der Waals surface area contributed by atoms with Gasteiger partial charge in [-0.3, -0.25) is 9.69 Å². The van der Waals surface area contributed by atoms with Crippen LogP contribution in [-0.4, -0.2) is 61.9 Å². The standard InChI is InChI=1S/C22H28N2O3S/c1-26-20-9-8-18(16-21(20)27-2)17-23-11-13-24(14-12-23)22(25)10-15-28-19-6-4-3-5-7-19/h3-9,16H,10-15,17H2,1-2H3. The highest BCUT2D eigenvalue weighted by Gasteiger charge is 2.21. The Morgan fingerprint density at radius 3 is 2.36 bits per heavy atom. The highest BCUT2D eigenvalue weighted by atomic mass is 32.2. The second-order valence-corrected chi connectivity index (χ2v) is 7.93. The Balaban J connectivity index is 1.42. The molecule has 0 radical (unpaired) electrons. The zero-order chi connectivity index (χ0) is 19.8. The maximum atomic E-state index is 12.5. The van der Waals surface area contributed by atoms with Crippen LogP contribution >= 0.6 is 11.8 Å². The molecule has 1 heterocycles. The molecule has 0 aromatic heterocycles. The van der Waals surface area contributed by atoms with E-state index in [2.05, 4.69) is 23.1 Å². The van der Waals surface area contributed by atoms with Gasteiger partial charge in [-0.1, -0.05) is 24.3 Å². The van der Waals surface area contributed by atoms with Gasteiger partial charge in [0.15, 0.2) is 11.5 Å². The Hall–Kier alpha value is -2.18. The van der Waals surface area contributed by atoms with E-state index in [1.54, 1.807) is 26.0 Å². The topological polar surface area (TPSA) is 42.0 Å². The Bertz CT molecular complexity index is 762. The summed E-state index contributed by atoms with van der Waals surface area (Å²) in [4.78, 5) is 18.1. The van der Waals surface area contributed by atoms with Crippen LogP contribution in [0.1, 0.15) is 12.0 Å². The van der Waals surface area contributed by atoms with E-state index >= 15 is 0 Å². The zero-order valence-electron chi connectivity index (χ0n) is 16.6. The first kappa shape index (κ1) is 20.6. The minimum Gasteiger partial charge on any atom is -0.493 e. The van der Waals surface area contributed by atoms with Crippen LogP contribution in [0.25, 0.3) is 0 Å². The van der Waals surface area contributed by atoms with Gasteiger partial charge in [0.05, 0.1) is 14.2 Å². The SMILES string of the molecule is COc1ccc(CN2CCN(C(=O)CCSc3ccccc3)CC2)cc1OC. The number of benzene rings is 2. The normalized spacial score (nSPS) is 14.7. The molecule has 1 saturated heterocycles. The molecule has 3 rings (SSSR count). The predicted molar refractivity (Wildman–Crippen MR) is 113 cm³/mol. The van der Waals surface area contributed by atoms with E-state index in [0.717, 1.165) is 50.0 Å². The van der Waals surface area contributed by atoms with Crippen molar-refractivity contribution in [1.29, 1.82) is 0 Å². The number of thioether (sulfide) groups is 1. The lowest BCUT2D eigenvalue weighted by Crippen LogP contribution is -2.48. The molecule has 6 heteroatoms. The second-order valence-electron chi connectivity index (χ2n) is 6.76. The van der Waals surface area contributed by atoms with Crippen molar-refractivity contribution >= 4 is 17.7 Å². The van der Waals surface area contributed by atoms with Gasteiger partial charge in [0, 0.05) is 49.8 Å². The van der Waals surface area contributed by atoms with Crippen LogP contribution in [0.2, 0.25) is 0 Å². The Morgan fingerprint density at radius 1 is 0.964 bits per heavy atom. The fourth-order valence-corrected chi connectivity index (χ4v) is 4.19. The van der Waals surface area contributed by atoms with Crippen LogP contribution in [0.3, 0.4) is 0 Å². The summed E-state index contributed by atoms with van der Waals surface area (Å²) >= 11 is 1.74. The Labute approximate surface area is 171 Å². The van der Waals surface area contributed by atoms with E-state index in [4.69, 9.17) is 9.47 Å². The number of amides is 1. The number of piperazine rings is 1. The molecular weight excluding hydrogens is 372 g/mol. The lowest BCUT2D eigenvalue weighted by Gasteiger charge is -2.35. The predicted octanol–water partition coefficient (Wildman–Crippen LogP) is 3.53. The summed E-state index contributed by atoms with van der Waals surface area (Å²) in [6.07, 6.45) is 0.592. The molecule has 0 atom stereocenters. The van der Waals surface area contributed by atoms with E-state index in [-0.39, 0.29) is 5.91 Å². The molecule has 0 spiro atoms. The number of ether oxygens (including phenoxy) is 2. The summed E-state index contributed by atoms with van der Waals surface area (Å²) < 4.78 is 10.7. The summed E-state index contributed by atoms with van der Waals surface area (Å²) in [5.41, 5.74) is 1.19. The van der Waals surface area contributed by atoms with Crippen LogP contribution in [0.4, 0.5) is 0 Å². The maximum absolute atomic E-state index is 12.5. The molecule has 0 unspecified atom stereocenters. The number of carbonyl (C=O) groups excluding carboxylic acids is 1. The zero-order valence-corrected chi connectivity index (χ0v) is 17.4. The molecule has 0 bridgehead atoms. The number of hydrogen-bond acceptors (Lipinski definition) is 5. The van der Waals surface area contributed by atoms with Crippen molar-refractivity contribution < 1.29 is 14.3 Å². The van der Waals surface area contributed by atoms with Gasteiger partial charge in [-0.05, 0) is 29.8 Å². The van der Waals surface area contributed by atoms with Gasteiger partial charge in [0.25, 0.3) is 0 Å². The van der Waals surface area contributed by atoms with Crippen molar-refractivity contribution in [1.82, 2.24) is 9.80 Å². The van der Waals surface area contributed by atoms with E-state index in [1.165, 1.54) is 10.5 Å². The number of methoxy groups -OCH3 is 2. The summed E-state index contributed by atoms with van der Waals surface area (Å²) in [5, 5.41) is 0. The molecule has 1 aliphatic heterocycles. The second kappa shape index (κ2) is 10.4. The molecule has 150 valence electrons. The van der Waals surface area contributed by atoms with Crippen LogP contribution in [-0.2, 0) is 11.3 Å². The molecule has 2 aromatic carbocycles. The number of rotatable bonds is 8. The first-order valence-corrected chi connectivity index (χ1v) is 10.6. The molecule has 1 fully saturated rings. The average molecular weight is 401 g/mol. The lowest BCUT2D eigenvalue weighted by atomic mass is 10.1. The third-order valence-corrected chi connectivity index (χ3v) is 5.92. The van der Waals surface area contributed by atoms with Gasteiger partial charge in [-0.25, -0.2) is 0 Å². The van der Waals surface area contributed by atoms with Gasteiger partial charge >= 0.3 is 0 Å². The van der Waals surface area contributed by atoms with Crippen molar-refractivity contribution in [3.8, 4) is 11.5 Å². The van der Waals surface area contributed by atoms with Crippen molar-refractivity contribution in [3.05, 3.63) is 54.1 Å². The van der Waals surface area contributed by atoms with Crippen molar-refractivity contribution in [2.75, 3.05) is 46.2 Å². The fourth-order valence-electron chi connectivity index (χ4n) is 3.32. The summed E-state index contributed by atoms with van der Waals surface area (Å²) in [6, 6.07) is 16.3. The minimum atomic E-state index is 0.259. The minimum absolute atomic E-state index is 0.259. The number of carbonyl (C=O) groups is 1. The Kier molecular flexibility index (Phi) is 7.62. The fraction of sp³-hybridized carbons (Fsp3) is 0.409. The van der Waals surface area contributed by atoms with Crippen LogP contribution in [0, 0.1) is 0 Å². The van der Waals surface area contributed by atoms with Gasteiger partial charge < -0.3 is 14.4 Å². The van der Waals surface area contributed by atoms with E-state index < -0.39 is 0 Å². The lowest BCUT2D eigenvalue weighted by molar-refractivity contribution is -0.132. The third kappa shape index (κ3) is 5.66. The molecule has 1 amide bonds. The molecule has 0 aliphatic carbocycles. The van der Waals surface area contributed by atoms with E-state index in [0.29, 0.717) is 6.42 Å². The molecular formula is C22H28N2O3S. The quantitative estimate of drug-likeness (QED) is 0.634. The molecule has 0 saturated carbocycles. The summed E-state index contributed by atoms with van der Waals surface area (Å²) in [7, 11) is 3.30. The van der Waals surface area contributed by atoms with Crippen LogP contribution < -0.4 is 9.47 Å². The summed E-state index contributed by atoms with van der Waals surface area (Å²) in [6.45, 7) is 4.23. The van der Waals surface area contributed by atoms with Gasteiger partial charge in [-0.2, -0.15) is 0 Å². The molecule has 1 aliphatic rings. The van der Waals surface area contributed by atoms with Crippen molar-refractivity contribution in [3.63, 3.8) is 0 Å². The average Bonchev–Trinajstić information content (AvgIpc) is 2.75.